The summed E-state index contributed by atoms with van der Waals surface area (Å²) in [6.45, 7) is 1.10. The Kier molecular flexibility index (Phi) is 3.34. The average Bonchev–Trinajstić information content (AvgIpc) is 3.12. The quantitative estimate of drug-likeness (QED) is 0.630. The number of hydrogen-bond acceptors (Lipinski definition) is 2. The molecule has 3 heteroatoms. The van der Waals surface area contributed by atoms with Gasteiger partial charge in [-0.05, 0) is 30.9 Å². The fraction of sp³-hybridized carbons (Fsp3) is 0.357. The van der Waals surface area contributed by atoms with Crippen molar-refractivity contribution >= 4 is 11.6 Å². The summed E-state index contributed by atoms with van der Waals surface area (Å²) >= 11 is 0. The van der Waals surface area contributed by atoms with Gasteiger partial charge in [0, 0.05) is 12.2 Å². The smallest absolute Gasteiger partial charge is 0.256 e. The lowest BCUT2D eigenvalue weighted by Crippen LogP contribution is -2.33. The minimum atomic E-state index is -0.0621. The topological polar surface area (TPSA) is 46.3 Å². The van der Waals surface area contributed by atoms with E-state index in [2.05, 4.69) is 5.92 Å². The number of amides is 1. The lowest BCUT2D eigenvalue weighted by Gasteiger charge is -2.20. The highest BCUT2D eigenvalue weighted by molar-refractivity contribution is 5.99. The van der Waals surface area contributed by atoms with Crippen molar-refractivity contribution in [3.63, 3.8) is 0 Å². The predicted octanol–water partition coefficient (Wildman–Crippen LogP) is 1.75. The van der Waals surface area contributed by atoms with E-state index in [-0.39, 0.29) is 5.91 Å². The zero-order valence-corrected chi connectivity index (χ0v) is 9.73. The van der Waals surface area contributed by atoms with Crippen molar-refractivity contribution in [2.45, 2.75) is 12.8 Å². The molecule has 0 saturated heterocycles. The fourth-order valence-electron chi connectivity index (χ4n) is 1.80. The number of hydrogen-bond donors (Lipinski definition) is 1. The van der Waals surface area contributed by atoms with Crippen LogP contribution in [0, 0.1) is 18.3 Å². The van der Waals surface area contributed by atoms with Crippen LogP contribution in [0.5, 0.6) is 0 Å². The van der Waals surface area contributed by atoms with E-state index >= 15 is 0 Å². The van der Waals surface area contributed by atoms with Crippen LogP contribution in [0.3, 0.4) is 0 Å². The molecule has 1 aromatic rings. The van der Waals surface area contributed by atoms with E-state index < -0.39 is 0 Å². The SMILES string of the molecule is C#CCN(CC1CC1)C(=O)c1ccccc1N. The van der Waals surface area contributed by atoms with Gasteiger partial charge in [-0.2, -0.15) is 0 Å². The summed E-state index contributed by atoms with van der Waals surface area (Å²) in [4.78, 5) is 14.0. The second-order valence-electron chi connectivity index (χ2n) is 4.42. The molecule has 0 spiro atoms. The Labute approximate surface area is 102 Å². The third kappa shape index (κ3) is 2.79. The normalized spacial score (nSPS) is 14.1. The largest absolute Gasteiger partial charge is 0.398 e. The highest BCUT2D eigenvalue weighted by Gasteiger charge is 2.27. The van der Waals surface area contributed by atoms with Gasteiger partial charge in [-0.25, -0.2) is 0 Å². The lowest BCUT2D eigenvalue weighted by molar-refractivity contribution is 0.0771. The lowest BCUT2D eigenvalue weighted by atomic mass is 10.1. The van der Waals surface area contributed by atoms with Crippen molar-refractivity contribution in [3.8, 4) is 12.3 Å². The molecule has 1 aliphatic rings. The van der Waals surface area contributed by atoms with Crippen LogP contribution in [0.15, 0.2) is 24.3 Å². The number of terminal acetylenes is 1. The number of carbonyl (C=O) groups excluding carboxylic acids is 1. The van der Waals surface area contributed by atoms with Crippen molar-refractivity contribution < 1.29 is 4.79 Å². The van der Waals surface area contributed by atoms with Gasteiger partial charge in [-0.15, -0.1) is 6.42 Å². The van der Waals surface area contributed by atoms with Crippen LogP contribution < -0.4 is 5.73 Å². The van der Waals surface area contributed by atoms with Crippen LogP contribution in [-0.2, 0) is 0 Å². The van der Waals surface area contributed by atoms with E-state index in [4.69, 9.17) is 12.2 Å². The van der Waals surface area contributed by atoms with Crippen LogP contribution in [0.1, 0.15) is 23.2 Å². The average molecular weight is 228 g/mol. The summed E-state index contributed by atoms with van der Waals surface area (Å²) < 4.78 is 0. The summed E-state index contributed by atoms with van der Waals surface area (Å²) in [6.07, 6.45) is 7.69. The molecule has 0 radical (unpaired) electrons. The second-order valence-corrected chi connectivity index (χ2v) is 4.42. The molecular formula is C14H16N2O. The summed E-state index contributed by atoms with van der Waals surface area (Å²) in [5, 5.41) is 0. The van der Waals surface area contributed by atoms with Crippen molar-refractivity contribution in [2.24, 2.45) is 5.92 Å². The molecule has 0 atom stereocenters. The van der Waals surface area contributed by atoms with Gasteiger partial charge in [0.25, 0.3) is 5.91 Å². The van der Waals surface area contributed by atoms with E-state index in [1.165, 1.54) is 12.8 Å². The van der Waals surface area contributed by atoms with Gasteiger partial charge in [-0.1, -0.05) is 18.1 Å². The van der Waals surface area contributed by atoms with Crippen LogP contribution in [-0.4, -0.2) is 23.9 Å². The van der Waals surface area contributed by atoms with E-state index in [9.17, 15) is 4.79 Å². The number of anilines is 1. The standard InChI is InChI=1S/C14H16N2O/c1-2-9-16(10-11-7-8-11)14(17)12-5-3-4-6-13(12)15/h1,3-6,11H,7-10,15H2. The third-order valence-electron chi connectivity index (χ3n) is 2.94. The molecule has 1 amide bonds. The minimum Gasteiger partial charge on any atom is -0.398 e. The minimum absolute atomic E-state index is 0.0621. The Morgan fingerprint density at radius 3 is 2.76 bits per heavy atom. The van der Waals surface area contributed by atoms with Gasteiger partial charge in [-0.3, -0.25) is 4.79 Å². The van der Waals surface area contributed by atoms with E-state index in [1.54, 1.807) is 17.0 Å². The maximum absolute atomic E-state index is 12.3. The molecule has 0 unspecified atom stereocenters. The van der Waals surface area contributed by atoms with E-state index in [0.717, 1.165) is 6.54 Å². The van der Waals surface area contributed by atoms with Crippen LogP contribution in [0.25, 0.3) is 0 Å². The molecule has 1 aliphatic carbocycles. The number of nitrogens with two attached hydrogens (primary N) is 1. The molecular weight excluding hydrogens is 212 g/mol. The summed E-state index contributed by atoms with van der Waals surface area (Å²) in [6, 6.07) is 7.11. The zero-order valence-electron chi connectivity index (χ0n) is 9.73. The predicted molar refractivity (Wildman–Crippen MR) is 68.3 cm³/mol. The van der Waals surface area contributed by atoms with Crippen LogP contribution >= 0.6 is 0 Å². The van der Waals surface area contributed by atoms with E-state index in [0.29, 0.717) is 23.7 Å². The maximum Gasteiger partial charge on any atom is 0.256 e. The Bertz CT molecular complexity index is 458. The molecule has 88 valence electrons. The molecule has 2 rings (SSSR count). The van der Waals surface area contributed by atoms with Gasteiger partial charge in [0.1, 0.15) is 0 Å². The zero-order chi connectivity index (χ0) is 12.3. The number of carbonyl (C=O) groups is 1. The number of nitrogen functional groups attached to an aromatic ring is 1. The maximum atomic E-state index is 12.3. The van der Waals surface area contributed by atoms with Crippen molar-refractivity contribution in [1.29, 1.82) is 0 Å². The highest BCUT2D eigenvalue weighted by Crippen LogP contribution is 2.30. The fourth-order valence-corrected chi connectivity index (χ4v) is 1.80. The number of rotatable bonds is 4. The van der Waals surface area contributed by atoms with Gasteiger partial charge in [0.05, 0.1) is 12.1 Å². The first-order chi connectivity index (χ1) is 8.22. The molecule has 17 heavy (non-hydrogen) atoms. The molecule has 0 aliphatic heterocycles. The summed E-state index contributed by atoms with van der Waals surface area (Å²) in [5.74, 6) is 3.10. The Balaban J connectivity index is 2.15. The Morgan fingerprint density at radius 2 is 2.18 bits per heavy atom. The molecule has 0 bridgehead atoms. The third-order valence-corrected chi connectivity index (χ3v) is 2.94. The molecule has 0 heterocycles. The molecule has 1 fully saturated rings. The monoisotopic (exact) mass is 228 g/mol. The first kappa shape index (κ1) is 11.5. The molecule has 3 nitrogen and oxygen atoms in total. The van der Waals surface area contributed by atoms with E-state index in [1.807, 2.05) is 12.1 Å². The van der Waals surface area contributed by atoms with Crippen molar-refractivity contribution in [3.05, 3.63) is 29.8 Å². The first-order valence-corrected chi connectivity index (χ1v) is 5.79. The number of benzene rings is 1. The second kappa shape index (κ2) is 4.92. The van der Waals surface area contributed by atoms with Crippen LogP contribution in [0.4, 0.5) is 5.69 Å². The van der Waals surface area contributed by atoms with Gasteiger partial charge >= 0.3 is 0 Å². The van der Waals surface area contributed by atoms with Gasteiger partial charge in [0.15, 0.2) is 0 Å². The first-order valence-electron chi connectivity index (χ1n) is 5.79. The number of nitrogens with zero attached hydrogens (tertiary/aromatic N) is 1. The summed E-state index contributed by atoms with van der Waals surface area (Å²) in [7, 11) is 0. The van der Waals surface area contributed by atoms with Crippen molar-refractivity contribution in [2.75, 3.05) is 18.8 Å². The molecule has 2 N–H and O–H groups in total. The van der Waals surface area contributed by atoms with Gasteiger partial charge in [0.2, 0.25) is 0 Å². The van der Waals surface area contributed by atoms with Gasteiger partial charge < -0.3 is 10.6 Å². The molecule has 1 saturated carbocycles. The Morgan fingerprint density at radius 1 is 1.47 bits per heavy atom. The molecule has 0 aromatic heterocycles. The summed E-state index contributed by atoms with van der Waals surface area (Å²) in [5.41, 5.74) is 6.86. The van der Waals surface area contributed by atoms with Crippen LogP contribution in [0.2, 0.25) is 0 Å². The Hall–Kier alpha value is -1.95. The molecule has 1 aromatic carbocycles. The van der Waals surface area contributed by atoms with Crippen molar-refractivity contribution in [1.82, 2.24) is 4.90 Å². The highest BCUT2D eigenvalue weighted by atomic mass is 16.2. The number of para-hydroxylation sites is 1.